The van der Waals surface area contributed by atoms with Crippen LogP contribution in [0.3, 0.4) is 0 Å². The molecule has 0 aromatic carbocycles. The zero-order valence-electron chi connectivity index (χ0n) is 11.1. The highest BCUT2D eigenvalue weighted by molar-refractivity contribution is 4.66. The molecule has 0 aliphatic heterocycles. The SMILES string of the molecule is CCCC(C)CCC(C)C(C)C(C)C. The fourth-order valence-corrected chi connectivity index (χ4v) is 2.10. The van der Waals surface area contributed by atoms with Gasteiger partial charge in [-0.15, -0.1) is 0 Å². The van der Waals surface area contributed by atoms with Crippen LogP contribution in [0.5, 0.6) is 0 Å². The van der Waals surface area contributed by atoms with Crippen molar-refractivity contribution in [1.29, 1.82) is 0 Å². The highest BCUT2D eigenvalue weighted by Gasteiger charge is 2.16. The van der Waals surface area contributed by atoms with Gasteiger partial charge in [-0.3, -0.25) is 0 Å². The van der Waals surface area contributed by atoms with Gasteiger partial charge in [0.25, 0.3) is 0 Å². The lowest BCUT2D eigenvalue weighted by atomic mass is 9.82. The van der Waals surface area contributed by atoms with E-state index in [0.29, 0.717) is 0 Å². The summed E-state index contributed by atoms with van der Waals surface area (Å²) in [5.41, 5.74) is 0. The highest BCUT2D eigenvalue weighted by Crippen LogP contribution is 2.26. The summed E-state index contributed by atoms with van der Waals surface area (Å²) in [5, 5.41) is 0. The van der Waals surface area contributed by atoms with Gasteiger partial charge >= 0.3 is 0 Å². The molecule has 0 saturated heterocycles. The second kappa shape index (κ2) is 7.31. The number of rotatable bonds is 7. The summed E-state index contributed by atoms with van der Waals surface area (Å²) in [4.78, 5) is 0. The molecule has 86 valence electrons. The first-order valence-corrected chi connectivity index (χ1v) is 6.49. The molecule has 3 unspecified atom stereocenters. The fourth-order valence-electron chi connectivity index (χ4n) is 2.10. The van der Waals surface area contributed by atoms with Crippen molar-refractivity contribution >= 4 is 0 Å². The van der Waals surface area contributed by atoms with Crippen LogP contribution in [0.1, 0.15) is 67.2 Å². The van der Waals surface area contributed by atoms with Crippen LogP contribution >= 0.6 is 0 Å². The van der Waals surface area contributed by atoms with Gasteiger partial charge in [0.05, 0.1) is 0 Å². The molecule has 0 N–H and O–H groups in total. The summed E-state index contributed by atoms with van der Waals surface area (Å²) in [6.07, 6.45) is 5.59. The van der Waals surface area contributed by atoms with E-state index in [-0.39, 0.29) is 0 Å². The fraction of sp³-hybridized carbons (Fsp3) is 1.00. The Hall–Kier alpha value is 0. The molecule has 0 aromatic rings. The maximum Gasteiger partial charge on any atom is -0.0394 e. The van der Waals surface area contributed by atoms with Gasteiger partial charge in [-0.25, -0.2) is 0 Å². The molecule has 0 nitrogen and oxygen atoms in total. The summed E-state index contributed by atoms with van der Waals surface area (Å²) >= 11 is 0. The van der Waals surface area contributed by atoms with E-state index in [0.717, 1.165) is 23.7 Å². The van der Waals surface area contributed by atoms with Crippen molar-refractivity contribution in [3.63, 3.8) is 0 Å². The molecule has 0 rings (SSSR count). The molecule has 0 aromatic heterocycles. The summed E-state index contributed by atoms with van der Waals surface area (Å²) in [6.45, 7) is 14.2. The molecule has 3 atom stereocenters. The zero-order chi connectivity index (χ0) is 11.1. The summed E-state index contributed by atoms with van der Waals surface area (Å²) in [6, 6.07) is 0. The summed E-state index contributed by atoms with van der Waals surface area (Å²) in [5.74, 6) is 3.55. The molecular weight excluding hydrogens is 168 g/mol. The molecule has 0 radical (unpaired) electrons. The minimum atomic E-state index is 0.839. The summed E-state index contributed by atoms with van der Waals surface area (Å²) in [7, 11) is 0. The van der Waals surface area contributed by atoms with E-state index >= 15 is 0 Å². The molecule has 0 saturated carbocycles. The third-order valence-corrected chi connectivity index (χ3v) is 3.85. The van der Waals surface area contributed by atoms with Gasteiger partial charge in [0, 0.05) is 0 Å². The van der Waals surface area contributed by atoms with Crippen LogP contribution in [-0.2, 0) is 0 Å². The molecule has 0 aliphatic rings. The van der Waals surface area contributed by atoms with Crippen LogP contribution in [0.15, 0.2) is 0 Å². The average molecular weight is 198 g/mol. The van der Waals surface area contributed by atoms with Crippen molar-refractivity contribution in [2.24, 2.45) is 23.7 Å². The van der Waals surface area contributed by atoms with Crippen LogP contribution < -0.4 is 0 Å². The molecule has 0 fully saturated rings. The largest absolute Gasteiger partial charge is 0.0654 e. The smallest absolute Gasteiger partial charge is 0.0394 e. The molecule has 0 heteroatoms. The average Bonchev–Trinajstić information content (AvgIpc) is 2.13. The zero-order valence-corrected chi connectivity index (χ0v) is 11.1. The van der Waals surface area contributed by atoms with Gasteiger partial charge in [-0.05, 0) is 23.7 Å². The van der Waals surface area contributed by atoms with E-state index < -0.39 is 0 Å². The normalized spacial score (nSPS) is 18.2. The number of hydrogen-bond donors (Lipinski definition) is 0. The van der Waals surface area contributed by atoms with Crippen molar-refractivity contribution in [3.8, 4) is 0 Å². The maximum atomic E-state index is 2.42. The second-order valence-corrected chi connectivity index (χ2v) is 5.55. The van der Waals surface area contributed by atoms with E-state index in [2.05, 4.69) is 41.5 Å². The van der Waals surface area contributed by atoms with Crippen LogP contribution in [0.4, 0.5) is 0 Å². The topological polar surface area (TPSA) is 0 Å². The van der Waals surface area contributed by atoms with Crippen LogP contribution in [0.2, 0.25) is 0 Å². The maximum absolute atomic E-state index is 2.42. The van der Waals surface area contributed by atoms with Crippen molar-refractivity contribution in [2.75, 3.05) is 0 Å². The van der Waals surface area contributed by atoms with Gasteiger partial charge in [0.2, 0.25) is 0 Å². The van der Waals surface area contributed by atoms with Crippen LogP contribution in [0, 0.1) is 23.7 Å². The lowest BCUT2D eigenvalue weighted by Gasteiger charge is -2.24. The van der Waals surface area contributed by atoms with Gasteiger partial charge in [-0.1, -0.05) is 67.2 Å². The van der Waals surface area contributed by atoms with E-state index in [4.69, 9.17) is 0 Å². The predicted molar refractivity (Wildman–Crippen MR) is 66.5 cm³/mol. The van der Waals surface area contributed by atoms with E-state index in [1.54, 1.807) is 0 Å². The van der Waals surface area contributed by atoms with Crippen molar-refractivity contribution in [2.45, 2.75) is 67.2 Å². The van der Waals surface area contributed by atoms with Gasteiger partial charge in [0.15, 0.2) is 0 Å². The number of hydrogen-bond acceptors (Lipinski definition) is 0. The van der Waals surface area contributed by atoms with Crippen molar-refractivity contribution < 1.29 is 0 Å². The van der Waals surface area contributed by atoms with Crippen LogP contribution in [-0.4, -0.2) is 0 Å². The monoisotopic (exact) mass is 198 g/mol. The Balaban J connectivity index is 3.67. The summed E-state index contributed by atoms with van der Waals surface area (Å²) < 4.78 is 0. The van der Waals surface area contributed by atoms with E-state index in [1.807, 2.05) is 0 Å². The lowest BCUT2D eigenvalue weighted by molar-refractivity contribution is 0.263. The standard InChI is InChI=1S/C14H30/c1-7-8-12(4)9-10-13(5)14(6)11(2)3/h11-14H,7-10H2,1-6H3. The molecular formula is C14H30. The van der Waals surface area contributed by atoms with E-state index in [9.17, 15) is 0 Å². The molecule has 0 aliphatic carbocycles. The molecule has 0 heterocycles. The minimum absolute atomic E-state index is 0.839. The first kappa shape index (κ1) is 14.0. The van der Waals surface area contributed by atoms with Crippen molar-refractivity contribution in [3.05, 3.63) is 0 Å². The minimum Gasteiger partial charge on any atom is -0.0654 e. The predicted octanol–water partition coefficient (Wildman–Crippen LogP) is 5.13. The Kier molecular flexibility index (Phi) is 7.31. The Morgan fingerprint density at radius 2 is 1.36 bits per heavy atom. The third-order valence-electron chi connectivity index (χ3n) is 3.85. The molecule has 0 bridgehead atoms. The first-order chi connectivity index (χ1) is 6.49. The molecule has 0 amide bonds. The Bertz CT molecular complexity index is 126. The van der Waals surface area contributed by atoms with Crippen molar-refractivity contribution in [1.82, 2.24) is 0 Å². The molecule has 0 spiro atoms. The lowest BCUT2D eigenvalue weighted by Crippen LogP contribution is -2.15. The van der Waals surface area contributed by atoms with Gasteiger partial charge in [0.1, 0.15) is 0 Å². The molecule has 14 heavy (non-hydrogen) atoms. The Morgan fingerprint density at radius 1 is 0.786 bits per heavy atom. The van der Waals surface area contributed by atoms with Gasteiger partial charge in [-0.2, -0.15) is 0 Å². The second-order valence-electron chi connectivity index (χ2n) is 5.55. The highest BCUT2D eigenvalue weighted by atomic mass is 14.2. The van der Waals surface area contributed by atoms with Gasteiger partial charge < -0.3 is 0 Å². The third kappa shape index (κ3) is 5.67. The first-order valence-electron chi connectivity index (χ1n) is 6.49. The van der Waals surface area contributed by atoms with Crippen LogP contribution in [0.25, 0.3) is 0 Å². The Labute approximate surface area is 91.5 Å². The Morgan fingerprint density at radius 3 is 1.79 bits per heavy atom. The quantitative estimate of drug-likeness (QED) is 0.532. The van der Waals surface area contributed by atoms with E-state index in [1.165, 1.54) is 25.7 Å².